The monoisotopic (exact) mass is 173 g/mol. The van der Waals surface area contributed by atoms with E-state index in [2.05, 4.69) is 23.5 Å². The molecule has 0 bridgehead atoms. The van der Waals surface area contributed by atoms with E-state index >= 15 is 0 Å². The van der Waals surface area contributed by atoms with Gasteiger partial charge >= 0.3 is 0 Å². The molecule has 2 atom stereocenters. The molecule has 1 fully saturated rings. The molecule has 1 N–H and O–H groups in total. The standard InChI is InChI=1S/C11H11NO/c13-10-6-8-5-7-3-1-2-4-9(7)11(8)12-10/h1-4,8,11H,5-6H2,(H,12,13)/t8?,11-/m1/s1. The molecule has 1 heterocycles. The average molecular weight is 173 g/mol. The van der Waals surface area contributed by atoms with Crippen molar-refractivity contribution in [1.29, 1.82) is 0 Å². The number of carbonyl (C=O) groups excluding carboxylic acids is 1. The number of nitrogens with one attached hydrogen (secondary N) is 1. The van der Waals surface area contributed by atoms with Gasteiger partial charge in [0.1, 0.15) is 0 Å². The highest BCUT2D eigenvalue weighted by atomic mass is 16.2. The molecular formula is C11H11NO. The SMILES string of the molecule is O=C1CC2Cc3ccccc3[C@@H]2N1. The van der Waals surface area contributed by atoms with Crippen LogP contribution in [-0.2, 0) is 11.2 Å². The molecule has 1 amide bonds. The molecule has 2 nitrogen and oxygen atoms in total. The summed E-state index contributed by atoms with van der Waals surface area (Å²) < 4.78 is 0. The number of fused-ring (bicyclic) bond motifs is 3. The number of rotatable bonds is 0. The summed E-state index contributed by atoms with van der Waals surface area (Å²) >= 11 is 0. The second kappa shape index (κ2) is 2.34. The van der Waals surface area contributed by atoms with Crippen molar-refractivity contribution >= 4 is 5.91 Å². The highest BCUT2D eigenvalue weighted by molar-refractivity contribution is 5.80. The Kier molecular flexibility index (Phi) is 1.29. The van der Waals surface area contributed by atoms with E-state index in [0.717, 1.165) is 6.42 Å². The van der Waals surface area contributed by atoms with Crippen molar-refractivity contribution in [2.45, 2.75) is 18.9 Å². The minimum absolute atomic E-state index is 0.213. The topological polar surface area (TPSA) is 29.1 Å². The molecule has 1 aromatic rings. The van der Waals surface area contributed by atoms with E-state index in [1.807, 2.05) is 6.07 Å². The summed E-state index contributed by atoms with van der Waals surface area (Å²) in [4.78, 5) is 11.2. The number of hydrogen-bond donors (Lipinski definition) is 1. The van der Waals surface area contributed by atoms with Crippen LogP contribution in [0.5, 0.6) is 0 Å². The summed E-state index contributed by atoms with van der Waals surface area (Å²) in [5.41, 5.74) is 2.75. The highest BCUT2D eigenvalue weighted by Crippen LogP contribution is 2.40. The van der Waals surface area contributed by atoms with E-state index in [1.54, 1.807) is 0 Å². The number of hydrogen-bond acceptors (Lipinski definition) is 1. The van der Waals surface area contributed by atoms with Crippen LogP contribution in [0, 0.1) is 5.92 Å². The molecule has 2 aliphatic rings. The molecule has 0 aromatic heterocycles. The van der Waals surface area contributed by atoms with Gasteiger partial charge in [-0.2, -0.15) is 0 Å². The van der Waals surface area contributed by atoms with Crippen LogP contribution in [0.3, 0.4) is 0 Å². The number of carbonyl (C=O) groups is 1. The first-order valence-electron chi connectivity index (χ1n) is 4.72. The van der Waals surface area contributed by atoms with Crippen LogP contribution < -0.4 is 5.32 Å². The molecule has 1 saturated heterocycles. The zero-order valence-corrected chi connectivity index (χ0v) is 7.29. The van der Waals surface area contributed by atoms with Crippen molar-refractivity contribution in [3.05, 3.63) is 35.4 Å². The number of amides is 1. The third kappa shape index (κ3) is 0.916. The fraction of sp³-hybridized carbons (Fsp3) is 0.364. The first-order valence-corrected chi connectivity index (χ1v) is 4.72. The van der Waals surface area contributed by atoms with Crippen LogP contribution in [0.4, 0.5) is 0 Å². The molecule has 1 aliphatic heterocycles. The molecule has 0 radical (unpaired) electrons. The van der Waals surface area contributed by atoms with Gasteiger partial charge in [0.15, 0.2) is 0 Å². The van der Waals surface area contributed by atoms with Crippen molar-refractivity contribution in [2.75, 3.05) is 0 Å². The second-order valence-corrected chi connectivity index (χ2v) is 3.91. The first kappa shape index (κ1) is 7.13. The summed E-state index contributed by atoms with van der Waals surface area (Å²) in [5, 5.41) is 3.03. The van der Waals surface area contributed by atoms with E-state index < -0.39 is 0 Å². The molecule has 0 saturated carbocycles. The zero-order valence-electron chi connectivity index (χ0n) is 7.29. The van der Waals surface area contributed by atoms with Crippen LogP contribution in [0.2, 0.25) is 0 Å². The summed E-state index contributed by atoms with van der Waals surface area (Å²) in [5.74, 6) is 0.731. The predicted molar refractivity (Wildman–Crippen MR) is 49.1 cm³/mol. The Morgan fingerprint density at radius 2 is 2.08 bits per heavy atom. The van der Waals surface area contributed by atoms with Crippen molar-refractivity contribution in [3.63, 3.8) is 0 Å². The molecule has 1 aliphatic carbocycles. The Bertz CT molecular complexity index is 372. The van der Waals surface area contributed by atoms with E-state index in [0.29, 0.717) is 18.4 Å². The normalized spacial score (nSPS) is 29.7. The molecule has 3 rings (SSSR count). The molecule has 13 heavy (non-hydrogen) atoms. The predicted octanol–water partition coefficient (Wildman–Crippen LogP) is 1.42. The maximum absolute atomic E-state index is 11.2. The lowest BCUT2D eigenvalue weighted by Gasteiger charge is -2.08. The van der Waals surface area contributed by atoms with E-state index in [9.17, 15) is 4.79 Å². The van der Waals surface area contributed by atoms with Crippen molar-refractivity contribution in [1.82, 2.24) is 5.32 Å². The quantitative estimate of drug-likeness (QED) is 0.631. The molecule has 0 spiro atoms. The third-order valence-corrected chi connectivity index (χ3v) is 3.11. The highest BCUT2D eigenvalue weighted by Gasteiger charge is 2.39. The van der Waals surface area contributed by atoms with Gasteiger partial charge < -0.3 is 5.32 Å². The van der Waals surface area contributed by atoms with Crippen molar-refractivity contribution in [3.8, 4) is 0 Å². The summed E-state index contributed by atoms with van der Waals surface area (Å²) in [6.07, 6.45) is 1.78. The maximum Gasteiger partial charge on any atom is 0.220 e. The fourth-order valence-electron chi connectivity index (χ4n) is 2.53. The van der Waals surface area contributed by atoms with Crippen LogP contribution in [0.25, 0.3) is 0 Å². The van der Waals surface area contributed by atoms with Gasteiger partial charge in [-0.05, 0) is 23.5 Å². The first-order chi connectivity index (χ1) is 6.34. The Hall–Kier alpha value is -1.31. The van der Waals surface area contributed by atoms with E-state index in [-0.39, 0.29) is 5.91 Å². The summed E-state index contributed by atoms with van der Waals surface area (Å²) in [7, 11) is 0. The Morgan fingerprint density at radius 1 is 1.23 bits per heavy atom. The Morgan fingerprint density at radius 3 is 3.00 bits per heavy atom. The van der Waals surface area contributed by atoms with Crippen LogP contribution in [0.1, 0.15) is 23.6 Å². The fourth-order valence-corrected chi connectivity index (χ4v) is 2.53. The molecule has 66 valence electrons. The summed E-state index contributed by atoms with van der Waals surface area (Å²) in [6.45, 7) is 0. The molecule has 2 heteroatoms. The van der Waals surface area contributed by atoms with Gasteiger partial charge in [-0.3, -0.25) is 4.79 Å². The third-order valence-electron chi connectivity index (χ3n) is 3.11. The van der Waals surface area contributed by atoms with Crippen LogP contribution >= 0.6 is 0 Å². The van der Waals surface area contributed by atoms with Crippen LogP contribution in [0.15, 0.2) is 24.3 Å². The van der Waals surface area contributed by atoms with Gasteiger partial charge in [-0.1, -0.05) is 24.3 Å². The Balaban J connectivity index is 2.06. The van der Waals surface area contributed by atoms with Gasteiger partial charge in [0, 0.05) is 6.42 Å². The lowest BCUT2D eigenvalue weighted by atomic mass is 10.0. The average Bonchev–Trinajstić information content (AvgIpc) is 2.60. The number of benzene rings is 1. The van der Waals surface area contributed by atoms with Gasteiger partial charge in [0.2, 0.25) is 5.91 Å². The Labute approximate surface area is 77.0 Å². The minimum atomic E-state index is 0.213. The molecule has 1 unspecified atom stereocenters. The minimum Gasteiger partial charge on any atom is -0.349 e. The van der Waals surface area contributed by atoms with Crippen molar-refractivity contribution in [2.24, 2.45) is 5.92 Å². The van der Waals surface area contributed by atoms with Gasteiger partial charge in [0.05, 0.1) is 6.04 Å². The lowest BCUT2D eigenvalue weighted by Crippen LogP contribution is -2.18. The van der Waals surface area contributed by atoms with Gasteiger partial charge in [0.25, 0.3) is 0 Å². The largest absolute Gasteiger partial charge is 0.349 e. The van der Waals surface area contributed by atoms with Crippen LogP contribution in [-0.4, -0.2) is 5.91 Å². The zero-order chi connectivity index (χ0) is 8.84. The van der Waals surface area contributed by atoms with Gasteiger partial charge in [-0.25, -0.2) is 0 Å². The molecular weight excluding hydrogens is 162 g/mol. The maximum atomic E-state index is 11.2. The van der Waals surface area contributed by atoms with E-state index in [1.165, 1.54) is 11.1 Å². The van der Waals surface area contributed by atoms with E-state index in [4.69, 9.17) is 0 Å². The van der Waals surface area contributed by atoms with Crippen molar-refractivity contribution < 1.29 is 4.79 Å². The smallest absolute Gasteiger partial charge is 0.220 e. The van der Waals surface area contributed by atoms with Gasteiger partial charge in [-0.15, -0.1) is 0 Å². The lowest BCUT2D eigenvalue weighted by molar-refractivity contribution is -0.119. The summed E-state index contributed by atoms with van der Waals surface area (Å²) in [6, 6.07) is 8.72. The second-order valence-electron chi connectivity index (χ2n) is 3.91. The molecule has 1 aromatic carbocycles.